The molecule has 0 radical (unpaired) electrons. The summed E-state index contributed by atoms with van der Waals surface area (Å²) < 4.78 is 2.09. The van der Waals surface area contributed by atoms with Crippen LogP contribution in [0.1, 0.15) is 13.3 Å². The molecule has 1 aromatic carbocycles. The van der Waals surface area contributed by atoms with E-state index in [-0.39, 0.29) is 0 Å². The molecule has 0 spiro atoms. The Bertz CT molecular complexity index is 552. The zero-order valence-corrected chi connectivity index (χ0v) is 10.1. The van der Waals surface area contributed by atoms with Gasteiger partial charge in [-0.2, -0.15) is 5.26 Å². The maximum absolute atomic E-state index is 9.09. The first kappa shape index (κ1) is 11.6. The number of rotatable bonds is 4. The molecule has 0 saturated heterocycles. The molecular formula is C13H16N4. The van der Waals surface area contributed by atoms with Crippen LogP contribution in [0.15, 0.2) is 30.6 Å². The van der Waals surface area contributed by atoms with E-state index in [1.54, 1.807) is 0 Å². The molecule has 1 atom stereocenters. The van der Waals surface area contributed by atoms with Gasteiger partial charge < -0.3 is 9.88 Å². The number of fused-ring (bicyclic) bond motifs is 1. The second-order valence-corrected chi connectivity index (χ2v) is 4.37. The Morgan fingerprint density at radius 1 is 1.47 bits per heavy atom. The Kier molecular flexibility index (Phi) is 3.12. The van der Waals surface area contributed by atoms with Gasteiger partial charge in [-0.3, -0.25) is 0 Å². The summed E-state index contributed by atoms with van der Waals surface area (Å²) in [6.45, 7) is 2.69. The summed E-state index contributed by atoms with van der Waals surface area (Å²) in [5, 5.41) is 12.1. The van der Waals surface area contributed by atoms with Crippen molar-refractivity contribution in [2.24, 2.45) is 0 Å². The molecule has 1 heterocycles. The summed E-state index contributed by atoms with van der Waals surface area (Å²) in [6.07, 6.45) is 2.58. The van der Waals surface area contributed by atoms with Crippen molar-refractivity contribution in [1.29, 1.82) is 5.26 Å². The number of hydrogen-bond acceptors (Lipinski definition) is 3. The Morgan fingerprint density at radius 3 is 2.94 bits per heavy atom. The number of imidazole rings is 1. The lowest BCUT2D eigenvalue weighted by Gasteiger charge is -2.20. The predicted molar refractivity (Wildman–Crippen MR) is 67.4 cm³/mol. The van der Waals surface area contributed by atoms with Gasteiger partial charge in [-0.05, 0) is 32.5 Å². The molecule has 0 fully saturated rings. The van der Waals surface area contributed by atoms with Crippen molar-refractivity contribution >= 4 is 11.0 Å². The first-order valence-corrected chi connectivity index (χ1v) is 5.68. The van der Waals surface area contributed by atoms with Gasteiger partial charge in [0, 0.05) is 6.54 Å². The molecule has 17 heavy (non-hydrogen) atoms. The Balaban J connectivity index is 2.18. The Morgan fingerprint density at radius 2 is 2.24 bits per heavy atom. The molecule has 4 heteroatoms. The highest BCUT2D eigenvalue weighted by atomic mass is 15.0. The lowest BCUT2D eigenvalue weighted by Crippen LogP contribution is -2.38. The fraction of sp³-hybridized carbons (Fsp3) is 0.385. The summed E-state index contributed by atoms with van der Waals surface area (Å²) in [6, 6.07) is 10.3. The van der Waals surface area contributed by atoms with E-state index in [4.69, 9.17) is 5.26 Å². The molecule has 0 aliphatic carbocycles. The monoisotopic (exact) mass is 228 g/mol. The van der Waals surface area contributed by atoms with E-state index in [1.165, 1.54) is 0 Å². The summed E-state index contributed by atoms with van der Waals surface area (Å²) >= 11 is 0. The Hall–Kier alpha value is -1.86. The number of aromatic nitrogens is 2. The quantitative estimate of drug-likeness (QED) is 0.870. The van der Waals surface area contributed by atoms with Crippen LogP contribution in [0.25, 0.3) is 11.0 Å². The smallest absolute Gasteiger partial charge is 0.105 e. The lowest BCUT2D eigenvalue weighted by atomic mass is 10.0. The average Bonchev–Trinajstić information content (AvgIpc) is 2.79. The highest BCUT2D eigenvalue weighted by Crippen LogP contribution is 2.15. The SMILES string of the molecule is CNC(C)(C#N)CCn1cnc2ccccc21. The van der Waals surface area contributed by atoms with Crippen molar-refractivity contribution in [3.8, 4) is 6.07 Å². The molecule has 1 aromatic heterocycles. The van der Waals surface area contributed by atoms with Crippen LogP contribution in [0.3, 0.4) is 0 Å². The number of benzene rings is 1. The van der Waals surface area contributed by atoms with E-state index < -0.39 is 5.54 Å². The third-order valence-corrected chi connectivity index (χ3v) is 3.18. The van der Waals surface area contributed by atoms with Gasteiger partial charge in [-0.15, -0.1) is 0 Å². The van der Waals surface area contributed by atoms with Crippen LogP contribution in [-0.2, 0) is 6.54 Å². The van der Waals surface area contributed by atoms with Crippen LogP contribution < -0.4 is 5.32 Å². The highest BCUT2D eigenvalue weighted by Gasteiger charge is 2.20. The zero-order valence-electron chi connectivity index (χ0n) is 10.1. The molecule has 2 aromatic rings. The average molecular weight is 228 g/mol. The molecular weight excluding hydrogens is 212 g/mol. The van der Waals surface area contributed by atoms with E-state index in [9.17, 15) is 0 Å². The van der Waals surface area contributed by atoms with E-state index in [1.807, 2.05) is 44.6 Å². The van der Waals surface area contributed by atoms with Crippen LogP contribution in [0, 0.1) is 11.3 Å². The summed E-state index contributed by atoms with van der Waals surface area (Å²) in [4.78, 5) is 4.33. The second-order valence-electron chi connectivity index (χ2n) is 4.37. The molecule has 4 nitrogen and oxygen atoms in total. The maximum Gasteiger partial charge on any atom is 0.105 e. The fourth-order valence-electron chi connectivity index (χ4n) is 1.77. The lowest BCUT2D eigenvalue weighted by molar-refractivity contribution is 0.425. The van der Waals surface area contributed by atoms with Crippen LogP contribution in [0.5, 0.6) is 0 Å². The number of aryl methyl sites for hydroxylation is 1. The van der Waals surface area contributed by atoms with Crippen molar-refractivity contribution < 1.29 is 0 Å². The first-order valence-electron chi connectivity index (χ1n) is 5.68. The van der Waals surface area contributed by atoms with Crippen molar-refractivity contribution in [3.05, 3.63) is 30.6 Å². The molecule has 1 unspecified atom stereocenters. The molecule has 0 amide bonds. The number of nitrogens with zero attached hydrogens (tertiary/aromatic N) is 3. The van der Waals surface area contributed by atoms with Gasteiger partial charge in [0.05, 0.1) is 23.4 Å². The van der Waals surface area contributed by atoms with E-state index in [0.29, 0.717) is 0 Å². The molecule has 2 rings (SSSR count). The predicted octanol–water partition coefficient (Wildman–Crippen LogP) is 1.93. The minimum atomic E-state index is -0.481. The van der Waals surface area contributed by atoms with Gasteiger partial charge in [0.2, 0.25) is 0 Å². The highest BCUT2D eigenvalue weighted by molar-refractivity contribution is 5.74. The van der Waals surface area contributed by atoms with Gasteiger partial charge in [0.25, 0.3) is 0 Å². The molecule has 0 aliphatic rings. The van der Waals surface area contributed by atoms with E-state index in [0.717, 1.165) is 24.0 Å². The van der Waals surface area contributed by atoms with E-state index >= 15 is 0 Å². The maximum atomic E-state index is 9.09. The molecule has 1 N–H and O–H groups in total. The largest absolute Gasteiger partial charge is 0.330 e. The minimum absolute atomic E-state index is 0.481. The third-order valence-electron chi connectivity index (χ3n) is 3.18. The topological polar surface area (TPSA) is 53.6 Å². The minimum Gasteiger partial charge on any atom is -0.330 e. The van der Waals surface area contributed by atoms with Gasteiger partial charge in [0.15, 0.2) is 0 Å². The van der Waals surface area contributed by atoms with Gasteiger partial charge >= 0.3 is 0 Å². The summed E-state index contributed by atoms with van der Waals surface area (Å²) in [7, 11) is 1.81. The van der Waals surface area contributed by atoms with Crippen LogP contribution in [0.2, 0.25) is 0 Å². The van der Waals surface area contributed by atoms with Crippen LogP contribution in [-0.4, -0.2) is 22.1 Å². The third kappa shape index (κ3) is 2.29. The summed E-state index contributed by atoms with van der Waals surface area (Å²) in [5.74, 6) is 0. The second kappa shape index (κ2) is 4.56. The number of para-hydroxylation sites is 2. The molecule has 0 aliphatic heterocycles. The standard InChI is InChI=1S/C13H16N4/c1-13(9-14,15-2)7-8-17-10-16-11-5-3-4-6-12(11)17/h3-6,10,15H,7-8H2,1-2H3. The first-order chi connectivity index (χ1) is 8.18. The number of nitrogens with one attached hydrogen (secondary N) is 1. The zero-order chi connectivity index (χ0) is 12.3. The van der Waals surface area contributed by atoms with Crippen molar-refractivity contribution in [1.82, 2.24) is 14.9 Å². The summed E-state index contributed by atoms with van der Waals surface area (Å²) in [5.41, 5.74) is 1.63. The number of nitriles is 1. The molecule has 0 bridgehead atoms. The fourth-order valence-corrected chi connectivity index (χ4v) is 1.77. The molecule has 0 saturated carbocycles. The normalized spacial score (nSPS) is 14.4. The van der Waals surface area contributed by atoms with Crippen molar-refractivity contribution in [2.75, 3.05) is 7.05 Å². The number of hydrogen-bond donors (Lipinski definition) is 1. The van der Waals surface area contributed by atoms with Crippen LogP contribution in [0.4, 0.5) is 0 Å². The molecule has 88 valence electrons. The van der Waals surface area contributed by atoms with Gasteiger partial charge in [-0.1, -0.05) is 12.1 Å². The van der Waals surface area contributed by atoms with E-state index in [2.05, 4.69) is 20.9 Å². The Labute approximate surface area is 101 Å². The van der Waals surface area contributed by atoms with Crippen LogP contribution >= 0.6 is 0 Å². The van der Waals surface area contributed by atoms with Crippen molar-refractivity contribution in [2.45, 2.75) is 25.4 Å². The van der Waals surface area contributed by atoms with Gasteiger partial charge in [0.1, 0.15) is 5.54 Å². The van der Waals surface area contributed by atoms with Gasteiger partial charge in [-0.25, -0.2) is 4.98 Å². The van der Waals surface area contributed by atoms with Crippen molar-refractivity contribution in [3.63, 3.8) is 0 Å².